The monoisotopic (exact) mass is 461 g/mol. The molecule has 0 aromatic heterocycles. The Labute approximate surface area is 182 Å². The molecule has 1 aliphatic carbocycles. The smallest absolute Gasteiger partial charge is 0.376 e. The average molecular weight is 461 g/mol. The molecular weight excluding hydrogens is 436 g/mol. The van der Waals surface area contributed by atoms with Gasteiger partial charge >= 0.3 is 18.0 Å². The zero-order valence-electron chi connectivity index (χ0n) is 17.4. The van der Waals surface area contributed by atoms with Crippen LogP contribution in [0.2, 0.25) is 0 Å². The Morgan fingerprint density at radius 1 is 0.875 bits per heavy atom. The maximum absolute atomic E-state index is 14.1. The van der Waals surface area contributed by atoms with Crippen molar-refractivity contribution >= 4 is 11.7 Å². The van der Waals surface area contributed by atoms with Gasteiger partial charge in [0.25, 0.3) is 0 Å². The second-order valence-electron chi connectivity index (χ2n) is 8.52. The number of amidine groups is 2. The van der Waals surface area contributed by atoms with Crippen molar-refractivity contribution in [3.8, 4) is 0 Å². The maximum Gasteiger partial charge on any atom is 0.443 e. The number of hydrogen-bond acceptors (Lipinski definition) is 4. The van der Waals surface area contributed by atoms with Gasteiger partial charge < -0.3 is 9.64 Å². The lowest BCUT2D eigenvalue weighted by molar-refractivity contribution is -0.293. The molecule has 0 bridgehead atoms. The quantitative estimate of drug-likeness (QED) is 0.538. The lowest BCUT2D eigenvalue weighted by atomic mass is 9.86. The summed E-state index contributed by atoms with van der Waals surface area (Å²) in [5, 5.41) is 0. The van der Waals surface area contributed by atoms with E-state index < -0.39 is 23.9 Å². The van der Waals surface area contributed by atoms with E-state index in [1.807, 2.05) is 0 Å². The van der Waals surface area contributed by atoms with E-state index in [1.165, 1.54) is 17.0 Å². The van der Waals surface area contributed by atoms with Crippen LogP contribution in [0.3, 0.4) is 0 Å². The predicted molar refractivity (Wildman–Crippen MR) is 108 cm³/mol. The minimum absolute atomic E-state index is 0.120. The highest BCUT2D eigenvalue weighted by Gasteiger charge is 2.74. The van der Waals surface area contributed by atoms with Gasteiger partial charge in [-0.3, -0.25) is 0 Å². The van der Waals surface area contributed by atoms with Gasteiger partial charge in [-0.05, 0) is 25.7 Å². The number of rotatable bonds is 4. The Morgan fingerprint density at radius 2 is 1.53 bits per heavy atom. The van der Waals surface area contributed by atoms with Gasteiger partial charge in [-0.2, -0.15) is 26.3 Å². The Bertz CT molecular complexity index is 839. The van der Waals surface area contributed by atoms with Gasteiger partial charge in [0.1, 0.15) is 11.7 Å². The molecule has 1 aromatic carbocycles. The third kappa shape index (κ3) is 4.25. The van der Waals surface area contributed by atoms with E-state index in [2.05, 4.69) is 9.98 Å². The van der Waals surface area contributed by atoms with E-state index in [-0.39, 0.29) is 29.9 Å². The molecule has 1 aromatic rings. The molecule has 176 valence electrons. The van der Waals surface area contributed by atoms with Gasteiger partial charge in [0.2, 0.25) is 0 Å². The molecule has 0 radical (unpaired) electrons. The highest BCUT2D eigenvalue weighted by Crippen LogP contribution is 2.50. The fourth-order valence-corrected chi connectivity index (χ4v) is 4.64. The van der Waals surface area contributed by atoms with E-state index in [0.717, 1.165) is 25.7 Å². The van der Waals surface area contributed by atoms with Gasteiger partial charge in [-0.1, -0.05) is 49.6 Å². The lowest BCUT2D eigenvalue weighted by Gasteiger charge is -2.42. The predicted octanol–water partition coefficient (Wildman–Crippen LogP) is 5.73. The summed E-state index contributed by atoms with van der Waals surface area (Å²) in [6, 6.07) is 7.73. The number of hydrogen-bond donors (Lipinski definition) is 0. The Balaban J connectivity index is 1.90. The molecule has 3 aliphatic rings. The van der Waals surface area contributed by atoms with Crippen LogP contribution in [-0.4, -0.2) is 53.8 Å². The maximum atomic E-state index is 14.1. The molecule has 1 saturated carbocycles. The van der Waals surface area contributed by atoms with Crippen LogP contribution in [-0.2, 0) is 4.74 Å². The van der Waals surface area contributed by atoms with Crippen LogP contribution in [0.4, 0.5) is 26.3 Å². The van der Waals surface area contributed by atoms with Crippen LogP contribution in [0.25, 0.3) is 0 Å². The molecule has 1 unspecified atom stereocenters. The fourth-order valence-electron chi connectivity index (χ4n) is 4.64. The average Bonchev–Trinajstić information content (AvgIpc) is 3.26. The first-order valence-corrected chi connectivity index (χ1v) is 10.9. The summed E-state index contributed by atoms with van der Waals surface area (Å²) in [6.45, 7) is 0.635. The van der Waals surface area contributed by atoms with E-state index >= 15 is 0 Å². The molecule has 2 fully saturated rings. The van der Waals surface area contributed by atoms with Crippen molar-refractivity contribution in [2.45, 2.75) is 69.1 Å². The van der Waals surface area contributed by atoms with Gasteiger partial charge in [-0.25, -0.2) is 9.98 Å². The van der Waals surface area contributed by atoms with Gasteiger partial charge in [0, 0.05) is 18.1 Å². The largest absolute Gasteiger partial charge is 0.443 e. The highest BCUT2D eigenvalue weighted by molar-refractivity contribution is 6.11. The van der Waals surface area contributed by atoms with Crippen LogP contribution < -0.4 is 0 Å². The van der Waals surface area contributed by atoms with Gasteiger partial charge in [0.05, 0.1) is 12.6 Å². The first kappa shape index (κ1) is 23.1. The van der Waals surface area contributed by atoms with Gasteiger partial charge in [-0.15, -0.1) is 0 Å². The lowest BCUT2D eigenvalue weighted by Crippen LogP contribution is -2.61. The minimum Gasteiger partial charge on any atom is -0.376 e. The standard InChI is InChI=1S/C22H25F6N3O/c23-21(24,25)20(22(26,27)28)29-18(15-8-3-1-4-9-15)31(14-17-12-7-13-32-17)19(30-20)16-10-5-2-6-11-16/h1,3-4,8-9,16-17H,2,5-7,10-14H2. The second-order valence-corrected chi connectivity index (χ2v) is 8.52. The van der Waals surface area contributed by atoms with E-state index in [4.69, 9.17) is 4.74 Å². The molecule has 4 rings (SSSR count). The molecular formula is C22H25F6N3O. The van der Waals surface area contributed by atoms with Gasteiger partial charge in [0.15, 0.2) is 0 Å². The first-order valence-electron chi connectivity index (χ1n) is 10.9. The minimum atomic E-state index is -5.73. The van der Waals surface area contributed by atoms with E-state index in [0.29, 0.717) is 25.9 Å². The number of nitrogens with zero attached hydrogens (tertiary/aromatic N) is 3. The summed E-state index contributed by atoms with van der Waals surface area (Å²) < 4.78 is 90.1. The Morgan fingerprint density at radius 3 is 2.09 bits per heavy atom. The van der Waals surface area contributed by atoms with Crippen molar-refractivity contribution in [2.24, 2.45) is 15.9 Å². The molecule has 2 aliphatic heterocycles. The Hall–Kier alpha value is -2.10. The van der Waals surface area contributed by atoms with Crippen molar-refractivity contribution in [1.82, 2.24) is 4.90 Å². The number of benzene rings is 1. The molecule has 0 N–H and O–H groups in total. The summed E-state index contributed by atoms with van der Waals surface area (Å²) in [5.41, 5.74) is -4.34. The summed E-state index contributed by atoms with van der Waals surface area (Å²) in [6.07, 6.45) is -6.94. The molecule has 32 heavy (non-hydrogen) atoms. The summed E-state index contributed by atoms with van der Waals surface area (Å²) in [4.78, 5) is 8.23. The molecule has 0 amide bonds. The molecule has 0 spiro atoms. The second kappa shape index (κ2) is 8.68. The number of halogens is 6. The van der Waals surface area contributed by atoms with E-state index in [9.17, 15) is 26.3 Å². The first-order chi connectivity index (χ1) is 15.1. The fraction of sp³-hybridized carbons (Fsp3) is 0.636. The summed E-state index contributed by atoms with van der Waals surface area (Å²) >= 11 is 0. The van der Waals surface area contributed by atoms with Crippen molar-refractivity contribution in [3.63, 3.8) is 0 Å². The number of aliphatic imine (C=N–C) groups is 2. The molecule has 2 heterocycles. The number of ether oxygens (including phenoxy) is 1. The third-order valence-electron chi connectivity index (χ3n) is 6.28. The van der Waals surface area contributed by atoms with E-state index in [1.54, 1.807) is 18.2 Å². The van der Waals surface area contributed by atoms with Crippen LogP contribution in [0.5, 0.6) is 0 Å². The molecule has 10 heteroatoms. The zero-order chi connectivity index (χ0) is 23.0. The number of alkyl halides is 6. The highest BCUT2D eigenvalue weighted by atomic mass is 19.4. The SMILES string of the molecule is FC(F)(F)C1(C(F)(F)F)N=C(c2ccccc2)N(CC2CCCO2)C(C2CCCCC2)=N1. The summed E-state index contributed by atoms with van der Waals surface area (Å²) in [5.74, 6) is -1.03. The van der Waals surface area contributed by atoms with Crippen LogP contribution in [0, 0.1) is 5.92 Å². The molecule has 1 atom stereocenters. The topological polar surface area (TPSA) is 37.2 Å². The summed E-state index contributed by atoms with van der Waals surface area (Å²) in [7, 11) is 0. The van der Waals surface area contributed by atoms with Crippen molar-refractivity contribution in [2.75, 3.05) is 13.2 Å². The van der Waals surface area contributed by atoms with Crippen molar-refractivity contribution in [3.05, 3.63) is 35.9 Å². The van der Waals surface area contributed by atoms with Crippen molar-refractivity contribution in [1.29, 1.82) is 0 Å². The normalized spacial score (nSPS) is 24.9. The van der Waals surface area contributed by atoms with Crippen molar-refractivity contribution < 1.29 is 31.1 Å². The Kier molecular flexibility index (Phi) is 6.26. The zero-order valence-corrected chi connectivity index (χ0v) is 17.4. The molecule has 1 saturated heterocycles. The van der Waals surface area contributed by atoms with Crippen LogP contribution in [0.1, 0.15) is 50.5 Å². The van der Waals surface area contributed by atoms with Crippen LogP contribution >= 0.6 is 0 Å². The molecule has 4 nitrogen and oxygen atoms in total. The third-order valence-corrected chi connectivity index (χ3v) is 6.28. The van der Waals surface area contributed by atoms with Crippen LogP contribution in [0.15, 0.2) is 40.3 Å².